The summed E-state index contributed by atoms with van der Waals surface area (Å²) >= 11 is 5.76. The van der Waals surface area contributed by atoms with E-state index in [2.05, 4.69) is 15.4 Å². The Morgan fingerprint density at radius 2 is 2.26 bits per heavy atom. The Morgan fingerprint density at radius 1 is 1.53 bits per heavy atom. The van der Waals surface area contributed by atoms with Gasteiger partial charge < -0.3 is 11.1 Å². The number of nitrogens with two attached hydrogens (primary N) is 1. The van der Waals surface area contributed by atoms with Gasteiger partial charge in [-0.15, -0.1) is 0 Å². The van der Waals surface area contributed by atoms with E-state index in [1.165, 1.54) is 12.3 Å². The van der Waals surface area contributed by atoms with Crippen molar-refractivity contribution in [2.75, 3.05) is 11.1 Å². The molecule has 0 spiro atoms. The highest BCUT2D eigenvalue weighted by molar-refractivity contribution is 6.30. The zero-order chi connectivity index (χ0) is 14.0. The van der Waals surface area contributed by atoms with Crippen LogP contribution in [0.2, 0.25) is 5.15 Å². The number of amides is 1. The lowest BCUT2D eigenvalue weighted by Crippen LogP contribution is -2.18. The fourth-order valence-electron chi connectivity index (χ4n) is 1.65. The van der Waals surface area contributed by atoms with Crippen molar-refractivity contribution in [2.24, 2.45) is 0 Å². The van der Waals surface area contributed by atoms with Crippen LogP contribution in [0.4, 0.5) is 11.5 Å². The van der Waals surface area contributed by atoms with Crippen LogP contribution >= 0.6 is 11.6 Å². The number of aromatic nitrogens is 3. The number of carbonyl (C=O) groups is 1. The van der Waals surface area contributed by atoms with Gasteiger partial charge in [0.2, 0.25) is 0 Å². The first-order valence-corrected chi connectivity index (χ1v) is 6.12. The molecule has 0 aliphatic rings. The second kappa shape index (κ2) is 5.27. The van der Waals surface area contributed by atoms with Gasteiger partial charge in [-0.1, -0.05) is 11.6 Å². The van der Waals surface area contributed by atoms with Gasteiger partial charge in [0.25, 0.3) is 5.91 Å². The Bertz CT molecular complexity index is 608. The van der Waals surface area contributed by atoms with E-state index in [4.69, 9.17) is 17.3 Å². The van der Waals surface area contributed by atoms with Crippen LogP contribution in [-0.2, 0) is 0 Å². The summed E-state index contributed by atoms with van der Waals surface area (Å²) < 4.78 is 1.71. The first kappa shape index (κ1) is 13.4. The van der Waals surface area contributed by atoms with E-state index < -0.39 is 0 Å². The van der Waals surface area contributed by atoms with Crippen molar-refractivity contribution in [1.82, 2.24) is 14.8 Å². The summed E-state index contributed by atoms with van der Waals surface area (Å²) in [7, 11) is 0. The Hall–Kier alpha value is -2.08. The van der Waals surface area contributed by atoms with E-state index in [1.807, 2.05) is 13.8 Å². The fraction of sp³-hybridized carbons (Fsp3) is 0.250. The van der Waals surface area contributed by atoms with Crippen LogP contribution < -0.4 is 11.1 Å². The molecule has 0 saturated heterocycles. The first-order valence-electron chi connectivity index (χ1n) is 5.75. The molecule has 0 unspecified atom stereocenters. The van der Waals surface area contributed by atoms with Gasteiger partial charge in [-0.2, -0.15) is 5.10 Å². The number of nitrogens with zero attached hydrogens (tertiary/aromatic N) is 3. The number of hydrogen-bond acceptors (Lipinski definition) is 4. The number of nitrogens with one attached hydrogen (secondary N) is 1. The summed E-state index contributed by atoms with van der Waals surface area (Å²) in [5.41, 5.74) is 6.28. The van der Waals surface area contributed by atoms with Crippen molar-refractivity contribution in [1.29, 1.82) is 0 Å². The number of nitrogen functional groups attached to an aromatic ring is 1. The Kier molecular flexibility index (Phi) is 3.71. The Balaban J connectivity index is 2.26. The van der Waals surface area contributed by atoms with E-state index in [9.17, 15) is 4.79 Å². The molecular formula is C12H14ClN5O. The number of hydrogen-bond donors (Lipinski definition) is 2. The predicted octanol–water partition coefficient (Wildman–Crippen LogP) is 2.35. The van der Waals surface area contributed by atoms with Crippen molar-refractivity contribution in [3.8, 4) is 0 Å². The van der Waals surface area contributed by atoms with Gasteiger partial charge in [0.05, 0.1) is 23.6 Å². The van der Waals surface area contributed by atoms with Gasteiger partial charge in [-0.05, 0) is 19.9 Å². The van der Waals surface area contributed by atoms with Crippen LogP contribution in [0.3, 0.4) is 0 Å². The van der Waals surface area contributed by atoms with Crippen molar-refractivity contribution in [3.05, 3.63) is 35.2 Å². The quantitative estimate of drug-likeness (QED) is 0.845. The first-order chi connectivity index (χ1) is 8.99. The van der Waals surface area contributed by atoms with Crippen molar-refractivity contribution in [3.63, 3.8) is 0 Å². The SMILES string of the molecule is CC(C)n1nccc1NC(=O)c1cc(Cl)ncc1N. The number of carbonyl (C=O) groups excluding carboxylic acids is 1. The molecule has 0 aliphatic heterocycles. The summed E-state index contributed by atoms with van der Waals surface area (Å²) in [6.45, 7) is 3.95. The largest absolute Gasteiger partial charge is 0.397 e. The molecule has 0 fully saturated rings. The summed E-state index contributed by atoms with van der Waals surface area (Å²) in [6.07, 6.45) is 2.98. The maximum atomic E-state index is 12.1. The molecule has 0 atom stereocenters. The highest BCUT2D eigenvalue weighted by Gasteiger charge is 2.14. The van der Waals surface area contributed by atoms with E-state index in [-0.39, 0.29) is 28.4 Å². The molecule has 0 aromatic carbocycles. The number of halogens is 1. The lowest BCUT2D eigenvalue weighted by molar-refractivity contribution is 0.102. The third-order valence-corrected chi connectivity index (χ3v) is 2.75. The topological polar surface area (TPSA) is 85.8 Å². The molecule has 1 amide bonds. The number of anilines is 2. The van der Waals surface area contributed by atoms with Crippen LogP contribution in [0, 0.1) is 0 Å². The van der Waals surface area contributed by atoms with Gasteiger partial charge in [-0.3, -0.25) is 4.79 Å². The highest BCUT2D eigenvalue weighted by Crippen LogP contribution is 2.18. The van der Waals surface area contributed by atoms with Gasteiger partial charge in [0.1, 0.15) is 11.0 Å². The standard InChI is InChI=1S/C12H14ClN5O/c1-7(2)18-11(3-4-16-18)17-12(19)8-5-10(13)15-6-9(8)14/h3-7H,14H2,1-2H3,(H,17,19). The Labute approximate surface area is 115 Å². The number of rotatable bonds is 3. The van der Waals surface area contributed by atoms with Crippen molar-refractivity contribution in [2.45, 2.75) is 19.9 Å². The predicted molar refractivity (Wildman–Crippen MR) is 74.2 cm³/mol. The molecule has 2 rings (SSSR count). The molecule has 0 aliphatic carbocycles. The van der Waals surface area contributed by atoms with Crippen LogP contribution in [0.15, 0.2) is 24.5 Å². The van der Waals surface area contributed by atoms with Gasteiger partial charge in [0.15, 0.2) is 0 Å². The number of pyridine rings is 1. The van der Waals surface area contributed by atoms with Crippen LogP contribution in [0.1, 0.15) is 30.2 Å². The van der Waals surface area contributed by atoms with Crippen LogP contribution in [0.25, 0.3) is 0 Å². The summed E-state index contributed by atoms with van der Waals surface area (Å²) in [4.78, 5) is 15.9. The molecule has 19 heavy (non-hydrogen) atoms. The van der Waals surface area contributed by atoms with Gasteiger partial charge in [-0.25, -0.2) is 9.67 Å². The van der Waals surface area contributed by atoms with Crippen LogP contribution in [-0.4, -0.2) is 20.7 Å². The second-order valence-corrected chi connectivity index (χ2v) is 4.69. The molecule has 0 radical (unpaired) electrons. The molecule has 3 N–H and O–H groups in total. The minimum absolute atomic E-state index is 0.142. The normalized spacial score (nSPS) is 10.7. The molecular weight excluding hydrogens is 266 g/mol. The fourth-order valence-corrected chi connectivity index (χ4v) is 1.80. The van der Waals surface area contributed by atoms with Gasteiger partial charge >= 0.3 is 0 Å². The molecule has 2 aromatic heterocycles. The third-order valence-electron chi connectivity index (χ3n) is 2.55. The lowest BCUT2D eigenvalue weighted by Gasteiger charge is -2.12. The minimum atomic E-state index is -0.343. The van der Waals surface area contributed by atoms with E-state index in [1.54, 1.807) is 16.9 Å². The lowest BCUT2D eigenvalue weighted by atomic mass is 10.2. The summed E-state index contributed by atoms with van der Waals surface area (Å²) in [5, 5.41) is 7.11. The molecule has 2 heterocycles. The van der Waals surface area contributed by atoms with E-state index in [0.717, 1.165) is 0 Å². The Morgan fingerprint density at radius 3 is 2.95 bits per heavy atom. The molecule has 100 valence electrons. The zero-order valence-corrected chi connectivity index (χ0v) is 11.3. The second-order valence-electron chi connectivity index (χ2n) is 4.30. The summed E-state index contributed by atoms with van der Waals surface area (Å²) in [5.74, 6) is 0.261. The van der Waals surface area contributed by atoms with Gasteiger partial charge in [0, 0.05) is 12.1 Å². The molecule has 0 saturated carbocycles. The maximum absolute atomic E-state index is 12.1. The average molecular weight is 280 g/mol. The van der Waals surface area contributed by atoms with Crippen molar-refractivity contribution >= 4 is 29.0 Å². The monoisotopic (exact) mass is 279 g/mol. The third kappa shape index (κ3) is 2.85. The average Bonchev–Trinajstić information content (AvgIpc) is 2.80. The minimum Gasteiger partial charge on any atom is -0.397 e. The zero-order valence-electron chi connectivity index (χ0n) is 10.6. The highest BCUT2D eigenvalue weighted by atomic mass is 35.5. The van der Waals surface area contributed by atoms with Crippen molar-refractivity contribution < 1.29 is 4.79 Å². The smallest absolute Gasteiger partial charge is 0.259 e. The molecule has 0 bridgehead atoms. The van der Waals surface area contributed by atoms with E-state index >= 15 is 0 Å². The summed E-state index contributed by atoms with van der Waals surface area (Å²) in [6, 6.07) is 3.29. The molecule has 7 heteroatoms. The molecule has 2 aromatic rings. The van der Waals surface area contributed by atoms with E-state index in [0.29, 0.717) is 5.82 Å². The maximum Gasteiger partial charge on any atom is 0.259 e. The van der Waals surface area contributed by atoms with Crippen LogP contribution in [0.5, 0.6) is 0 Å². The molecule has 6 nitrogen and oxygen atoms in total.